The van der Waals surface area contributed by atoms with E-state index in [2.05, 4.69) is 22.9 Å². The molecule has 1 saturated carbocycles. The Morgan fingerprint density at radius 3 is 2.58 bits per heavy atom. The van der Waals surface area contributed by atoms with Crippen LogP contribution in [0.1, 0.15) is 41.9 Å². The zero-order valence-electron chi connectivity index (χ0n) is 16.5. The van der Waals surface area contributed by atoms with Crippen LogP contribution in [0.25, 0.3) is 0 Å². The molecule has 0 saturated heterocycles. The van der Waals surface area contributed by atoms with Gasteiger partial charge in [-0.25, -0.2) is 13.1 Å². The van der Waals surface area contributed by atoms with Crippen LogP contribution in [0.5, 0.6) is 0 Å². The molecule has 0 radical (unpaired) electrons. The van der Waals surface area contributed by atoms with Gasteiger partial charge in [0.15, 0.2) is 0 Å². The maximum absolute atomic E-state index is 12.7. The largest absolute Gasteiger partial charge is 0.253 e. The van der Waals surface area contributed by atoms with Crippen molar-refractivity contribution in [2.45, 2.75) is 35.9 Å². The smallest absolute Gasteiger partial charge is 0.250 e. The van der Waals surface area contributed by atoms with E-state index in [4.69, 9.17) is 28.2 Å². The molecule has 2 heterocycles. The Morgan fingerprint density at radius 1 is 1.06 bits per heavy atom. The molecule has 8 heteroatoms. The Labute approximate surface area is 196 Å². The number of nitrogens with zero attached hydrogens (tertiary/aromatic N) is 1. The number of rotatable bonds is 5. The quantitative estimate of drug-likeness (QED) is 0.440. The van der Waals surface area contributed by atoms with Gasteiger partial charge in [-0.1, -0.05) is 65.7 Å². The van der Waals surface area contributed by atoms with Crippen molar-refractivity contribution >= 4 is 56.0 Å². The zero-order chi connectivity index (χ0) is 21.6. The molecular formula is C23H20Cl2N2O2S2. The first kappa shape index (κ1) is 21.2. The molecule has 0 amide bonds. The molecule has 160 valence electrons. The molecular weight excluding hydrogens is 471 g/mol. The minimum absolute atomic E-state index is 0.109. The summed E-state index contributed by atoms with van der Waals surface area (Å²) in [7, 11) is -3.71. The predicted octanol–water partition coefficient (Wildman–Crippen LogP) is 6.55. The number of sulfonamides is 1. The highest BCUT2D eigenvalue weighted by Gasteiger charge is 2.36. The van der Waals surface area contributed by atoms with Crippen LogP contribution < -0.4 is 4.72 Å². The van der Waals surface area contributed by atoms with Crippen LogP contribution in [0.3, 0.4) is 0 Å². The predicted molar refractivity (Wildman–Crippen MR) is 128 cm³/mol. The number of halogens is 2. The summed E-state index contributed by atoms with van der Waals surface area (Å²) in [6.07, 6.45) is 3.31. The summed E-state index contributed by atoms with van der Waals surface area (Å²) in [5.74, 6) is 1.15. The molecule has 1 fully saturated rings. The highest BCUT2D eigenvalue weighted by Crippen LogP contribution is 2.50. The number of benzene rings is 2. The number of thiophene rings is 1. The zero-order valence-corrected chi connectivity index (χ0v) is 19.7. The molecule has 1 aromatic heterocycles. The van der Waals surface area contributed by atoms with Gasteiger partial charge in [-0.2, -0.15) is 0 Å². The van der Waals surface area contributed by atoms with Gasteiger partial charge in [0.05, 0.1) is 10.7 Å². The van der Waals surface area contributed by atoms with Gasteiger partial charge >= 0.3 is 0 Å². The van der Waals surface area contributed by atoms with Crippen molar-refractivity contribution in [3.8, 4) is 0 Å². The fraction of sp³-hybridized carbons (Fsp3) is 0.261. The van der Waals surface area contributed by atoms with Crippen LogP contribution in [0, 0.1) is 5.92 Å². The minimum Gasteiger partial charge on any atom is -0.253 e. The number of para-hydroxylation sites is 1. The van der Waals surface area contributed by atoms with Gasteiger partial charge in [-0.15, -0.1) is 11.3 Å². The third-order valence-corrected chi connectivity index (χ3v) is 9.87. The fourth-order valence-electron chi connectivity index (χ4n) is 4.39. The summed E-state index contributed by atoms with van der Waals surface area (Å²) in [6, 6.07) is 17.6. The molecule has 0 spiro atoms. The average molecular weight is 491 g/mol. The van der Waals surface area contributed by atoms with Crippen molar-refractivity contribution < 1.29 is 8.42 Å². The Bertz CT molecular complexity index is 1260. The molecule has 1 aliphatic carbocycles. The number of aliphatic imine (C=N–C) groups is 1. The third kappa shape index (κ3) is 4.08. The van der Waals surface area contributed by atoms with E-state index in [-0.39, 0.29) is 20.1 Å². The molecule has 2 aliphatic rings. The van der Waals surface area contributed by atoms with Crippen molar-refractivity contribution in [2.24, 2.45) is 10.9 Å². The number of hydrogen-bond donors (Lipinski definition) is 1. The molecule has 4 nitrogen and oxygen atoms in total. The van der Waals surface area contributed by atoms with E-state index >= 15 is 0 Å². The average Bonchev–Trinajstić information content (AvgIpc) is 3.04. The third-order valence-electron chi connectivity index (χ3n) is 6.13. The van der Waals surface area contributed by atoms with Gasteiger partial charge < -0.3 is 0 Å². The van der Waals surface area contributed by atoms with Gasteiger partial charge in [0.2, 0.25) is 10.0 Å². The standard InChI is InChI=1S/C23H20Cl2N2O2S2/c24-19-12-22(30-23(19)25)31(28,29)26-13-15-5-1-2-6-17(15)21-11-14-9-10-16(14)18-7-3-4-8-20(18)27-21/h1-8,12,14,16,26H,9-11,13H2. The Morgan fingerprint density at radius 2 is 1.84 bits per heavy atom. The Kier molecular flexibility index (Phi) is 5.69. The molecule has 5 rings (SSSR count). The van der Waals surface area contributed by atoms with Crippen LogP contribution in [-0.4, -0.2) is 14.1 Å². The van der Waals surface area contributed by atoms with E-state index in [0.29, 0.717) is 11.8 Å². The van der Waals surface area contributed by atoms with E-state index in [9.17, 15) is 8.42 Å². The van der Waals surface area contributed by atoms with Gasteiger partial charge in [-0.05, 0) is 54.4 Å². The Hall–Kier alpha value is -1.70. The van der Waals surface area contributed by atoms with Gasteiger partial charge in [0.25, 0.3) is 0 Å². The molecule has 0 bridgehead atoms. The lowest BCUT2D eigenvalue weighted by Gasteiger charge is -2.36. The summed E-state index contributed by atoms with van der Waals surface area (Å²) in [4.78, 5) is 5.03. The summed E-state index contributed by atoms with van der Waals surface area (Å²) >= 11 is 12.8. The summed E-state index contributed by atoms with van der Waals surface area (Å²) < 4.78 is 28.5. The van der Waals surface area contributed by atoms with Crippen LogP contribution in [0.15, 0.2) is 63.8 Å². The van der Waals surface area contributed by atoms with Crippen molar-refractivity contribution in [1.82, 2.24) is 4.72 Å². The van der Waals surface area contributed by atoms with E-state index in [0.717, 1.165) is 40.3 Å². The maximum Gasteiger partial charge on any atom is 0.250 e. The molecule has 3 aromatic rings. The molecule has 2 aromatic carbocycles. The minimum atomic E-state index is -3.71. The van der Waals surface area contributed by atoms with E-state index in [1.807, 2.05) is 30.3 Å². The summed E-state index contributed by atoms with van der Waals surface area (Å²) in [6.45, 7) is 0.167. The SMILES string of the molecule is O=S(=O)(NCc1ccccc1C1=Nc2ccccc2C2CCC2C1)c1cc(Cl)c(Cl)s1. The highest BCUT2D eigenvalue weighted by atomic mass is 35.5. The van der Waals surface area contributed by atoms with Crippen molar-refractivity contribution in [3.05, 3.63) is 80.6 Å². The Balaban J connectivity index is 1.45. The topological polar surface area (TPSA) is 58.5 Å². The van der Waals surface area contributed by atoms with Crippen LogP contribution in [0.2, 0.25) is 9.36 Å². The lowest BCUT2D eigenvalue weighted by atomic mass is 9.68. The lowest BCUT2D eigenvalue weighted by Crippen LogP contribution is -2.26. The van der Waals surface area contributed by atoms with Crippen LogP contribution in [0.4, 0.5) is 5.69 Å². The first-order valence-corrected chi connectivity index (χ1v) is 13.2. The first-order chi connectivity index (χ1) is 14.9. The lowest BCUT2D eigenvalue weighted by molar-refractivity contribution is 0.266. The second-order valence-corrected chi connectivity index (χ2v) is 12.0. The number of fused-ring (bicyclic) bond motifs is 3. The van der Waals surface area contributed by atoms with Crippen molar-refractivity contribution in [3.63, 3.8) is 0 Å². The van der Waals surface area contributed by atoms with E-state index in [1.54, 1.807) is 0 Å². The number of hydrogen-bond acceptors (Lipinski definition) is 4. The normalized spacial score (nSPS) is 20.3. The van der Waals surface area contributed by atoms with Crippen LogP contribution in [-0.2, 0) is 16.6 Å². The highest BCUT2D eigenvalue weighted by molar-refractivity contribution is 7.91. The molecule has 2 unspecified atom stereocenters. The fourth-order valence-corrected chi connectivity index (χ4v) is 7.33. The van der Waals surface area contributed by atoms with Gasteiger partial charge in [-0.3, -0.25) is 4.99 Å². The van der Waals surface area contributed by atoms with E-state index < -0.39 is 10.0 Å². The maximum atomic E-state index is 12.7. The second-order valence-electron chi connectivity index (χ2n) is 7.93. The van der Waals surface area contributed by atoms with Gasteiger partial charge in [0, 0.05) is 17.8 Å². The molecule has 2 atom stereocenters. The second kappa shape index (κ2) is 8.34. The summed E-state index contributed by atoms with van der Waals surface area (Å²) in [5.41, 5.74) is 5.28. The van der Waals surface area contributed by atoms with Crippen LogP contribution >= 0.6 is 34.5 Å². The van der Waals surface area contributed by atoms with Crippen molar-refractivity contribution in [1.29, 1.82) is 0 Å². The van der Waals surface area contributed by atoms with Crippen molar-refractivity contribution in [2.75, 3.05) is 0 Å². The molecule has 31 heavy (non-hydrogen) atoms. The van der Waals surface area contributed by atoms with E-state index in [1.165, 1.54) is 24.5 Å². The van der Waals surface area contributed by atoms with Gasteiger partial charge in [0.1, 0.15) is 8.55 Å². The first-order valence-electron chi connectivity index (χ1n) is 10.1. The monoisotopic (exact) mass is 490 g/mol. The molecule has 1 aliphatic heterocycles. The number of nitrogens with one attached hydrogen (secondary N) is 1. The summed E-state index contributed by atoms with van der Waals surface area (Å²) in [5, 5.41) is 0.244. The molecule has 1 N–H and O–H groups in total.